The van der Waals surface area contributed by atoms with E-state index in [-0.39, 0.29) is 6.04 Å². The summed E-state index contributed by atoms with van der Waals surface area (Å²) in [5, 5.41) is 0. The average Bonchev–Trinajstić information content (AvgIpc) is 2.39. The van der Waals surface area contributed by atoms with Crippen LogP contribution >= 0.6 is 0 Å². The largest absolute Gasteiger partial charge is 0.330 e. The second kappa shape index (κ2) is 6.77. The minimum absolute atomic E-state index is 0.0657. The van der Waals surface area contributed by atoms with Gasteiger partial charge in [0, 0.05) is 6.04 Å². The van der Waals surface area contributed by atoms with Gasteiger partial charge in [-0.05, 0) is 35.9 Å². The zero-order chi connectivity index (χ0) is 12.8. The Morgan fingerprint density at radius 3 is 1.94 bits per heavy atom. The van der Waals surface area contributed by atoms with E-state index >= 15 is 0 Å². The molecule has 0 aliphatic heterocycles. The van der Waals surface area contributed by atoms with Crippen LogP contribution in [0, 0.1) is 5.92 Å². The molecule has 0 spiro atoms. The highest BCUT2D eigenvalue weighted by Crippen LogP contribution is 2.24. The van der Waals surface area contributed by atoms with E-state index in [1.807, 2.05) is 0 Å². The van der Waals surface area contributed by atoms with E-state index in [2.05, 4.69) is 45.0 Å². The first-order valence-corrected chi connectivity index (χ1v) is 6.69. The van der Waals surface area contributed by atoms with Crippen molar-refractivity contribution < 1.29 is 0 Å². The number of rotatable bonds is 6. The number of hydrogen-bond acceptors (Lipinski definition) is 2. The summed E-state index contributed by atoms with van der Waals surface area (Å²) in [5.74, 6) is 1.00. The predicted octanol–water partition coefficient (Wildman–Crippen LogP) is 3.18. The molecular weight excluding hydrogens is 208 g/mol. The molecule has 0 fully saturated rings. The Hall–Kier alpha value is -0.860. The third kappa shape index (κ3) is 3.55. The zero-order valence-corrected chi connectivity index (χ0v) is 11.3. The standard InChI is InChI=1S/C15H26N2/c1-4-11(3)13-6-8-14(9-7-13)15(17)12(5-2)10-16/h6-9,11-12,15H,4-5,10,16-17H2,1-3H3. The molecule has 1 rings (SSSR count). The van der Waals surface area contributed by atoms with Crippen molar-refractivity contribution in [3.63, 3.8) is 0 Å². The van der Waals surface area contributed by atoms with Crippen LogP contribution in [0.15, 0.2) is 24.3 Å². The first-order valence-electron chi connectivity index (χ1n) is 6.69. The minimum Gasteiger partial charge on any atom is -0.330 e. The number of nitrogens with two attached hydrogens (primary N) is 2. The molecule has 1 aromatic rings. The molecule has 17 heavy (non-hydrogen) atoms. The summed E-state index contributed by atoms with van der Waals surface area (Å²) in [6.07, 6.45) is 2.20. The molecule has 0 heterocycles. The molecule has 3 unspecified atom stereocenters. The van der Waals surface area contributed by atoms with Gasteiger partial charge in [-0.3, -0.25) is 0 Å². The van der Waals surface area contributed by atoms with Crippen molar-refractivity contribution in [2.45, 2.75) is 45.6 Å². The molecule has 96 valence electrons. The SMILES string of the molecule is CCC(C)c1ccc(C(N)C(CC)CN)cc1. The lowest BCUT2D eigenvalue weighted by Crippen LogP contribution is -2.27. The van der Waals surface area contributed by atoms with E-state index < -0.39 is 0 Å². The predicted molar refractivity (Wildman–Crippen MR) is 74.9 cm³/mol. The second-order valence-corrected chi connectivity index (χ2v) is 4.91. The van der Waals surface area contributed by atoms with Crippen LogP contribution in [0.2, 0.25) is 0 Å². The van der Waals surface area contributed by atoms with Gasteiger partial charge in [0.1, 0.15) is 0 Å². The number of benzene rings is 1. The fraction of sp³-hybridized carbons (Fsp3) is 0.600. The Bertz CT molecular complexity index is 314. The maximum atomic E-state index is 6.24. The average molecular weight is 234 g/mol. The summed E-state index contributed by atoms with van der Waals surface area (Å²) in [6.45, 7) is 7.27. The Balaban J connectivity index is 2.79. The molecule has 2 nitrogen and oxygen atoms in total. The molecule has 0 aromatic heterocycles. The maximum Gasteiger partial charge on any atom is 0.0335 e. The van der Waals surface area contributed by atoms with Crippen molar-refractivity contribution in [1.82, 2.24) is 0 Å². The second-order valence-electron chi connectivity index (χ2n) is 4.91. The molecule has 0 radical (unpaired) electrons. The van der Waals surface area contributed by atoms with E-state index in [4.69, 9.17) is 11.5 Å². The molecule has 0 aliphatic carbocycles. The first kappa shape index (κ1) is 14.2. The van der Waals surface area contributed by atoms with Crippen LogP contribution in [-0.2, 0) is 0 Å². The summed E-state index contributed by atoms with van der Waals surface area (Å²) in [4.78, 5) is 0. The third-order valence-electron chi connectivity index (χ3n) is 3.84. The summed E-state index contributed by atoms with van der Waals surface area (Å²) >= 11 is 0. The van der Waals surface area contributed by atoms with Gasteiger partial charge < -0.3 is 11.5 Å². The van der Waals surface area contributed by atoms with E-state index in [1.54, 1.807) is 0 Å². The van der Waals surface area contributed by atoms with E-state index in [0.29, 0.717) is 18.4 Å². The normalized spacial score (nSPS) is 16.5. The molecule has 2 heteroatoms. The fourth-order valence-corrected chi connectivity index (χ4v) is 2.12. The maximum absolute atomic E-state index is 6.24. The molecule has 0 aliphatic rings. The van der Waals surface area contributed by atoms with Gasteiger partial charge in [-0.15, -0.1) is 0 Å². The zero-order valence-electron chi connectivity index (χ0n) is 11.3. The molecule has 0 saturated carbocycles. The van der Waals surface area contributed by atoms with Gasteiger partial charge in [0.2, 0.25) is 0 Å². The molecule has 4 N–H and O–H groups in total. The summed E-state index contributed by atoms with van der Waals surface area (Å²) < 4.78 is 0. The van der Waals surface area contributed by atoms with Gasteiger partial charge in [0.25, 0.3) is 0 Å². The molecule has 0 amide bonds. The Morgan fingerprint density at radius 1 is 1.00 bits per heavy atom. The third-order valence-corrected chi connectivity index (χ3v) is 3.84. The van der Waals surface area contributed by atoms with Gasteiger partial charge in [0.15, 0.2) is 0 Å². The van der Waals surface area contributed by atoms with Gasteiger partial charge in [0.05, 0.1) is 0 Å². The van der Waals surface area contributed by atoms with Crippen molar-refractivity contribution in [1.29, 1.82) is 0 Å². The lowest BCUT2D eigenvalue weighted by molar-refractivity contribution is 0.428. The van der Waals surface area contributed by atoms with E-state index in [9.17, 15) is 0 Å². The minimum atomic E-state index is 0.0657. The van der Waals surface area contributed by atoms with Crippen LogP contribution in [0.1, 0.15) is 56.7 Å². The van der Waals surface area contributed by atoms with Crippen LogP contribution in [0.3, 0.4) is 0 Å². The highest BCUT2D eigenvalue weighted by atomic mass is 14.7. The molecule has 1 aromatic carbocycles. The smallest absolute Gasteiger partial charge is 0.0335 e. The van der Waals surface area contributed by atoms with Crippen molar-refractivity contribution >= 4 is 0 Å². The highest BCUT2D eigenvalue weighted by molar-refractivity contribution is 5.27. The molecular formula is C15H26N2. The Labute approximate surface area is 105 Å². The van der Waals surface area contributed by atoms with Crippen LogP contribution in [0.25, 0.3) is 0 Å². The first-order chi connectivity index (χ1) is 8.13. The summed E-state index contributed by atoms with van der Waals surface area (Å²) in [5.41, 5.74) is 14.6. The highest BCUT2D eigenvalue weighted by Gasteiger charge is 2.16. The molecule has 0 bridgehead atoms. The monoisotopic (exact) mass is 234 g/mol. The van der Waals surface area contributed by atoms with Gasteiger partial charge in [-0.25, -0.2) is 0 Å². The Kier molecular flexibility index (Phi) is 5.66. The van der Waals surface area contributed by atoms with Crippen LogP contribution in [0.5, 0.6) is 0 Å². The van der Waals surface area contributed by atoms with Gasteiger partial charge in [-0.1, -0.05) is 51.5 Å². The molecule has 3 atom stereocenters. The van der Waals surface area contributed by atoms with E-state index in [0.717, 1.165) is 6.42 Å². The van der Waals surface area contributed by atoms with Crippen molar-refractivity contribution in [3.8, 4) is 0 Å². The fourth-order valence-electron chi connectivity index (χ4n) is 2.12. The topological polar surface area (TPSA) is 52.0 Å². The van der Waals surface area contributed by atoms with E-state index in [1.165, 1.54) is 17.5 Å². The van der Waals surface area contributed by atoms with Crippen molar-refractivity contribution in [3.05, 3.63) is 35.4 Å². The lowest BCUT2D eigenvalue weighted by atomic mass is 9.90. The van der Waals surface area contributed by atoms with Crippen molar-refractivity contribution in [2.75, 3.05) is 6.54 Å². The Morgan fingerprint density at radius 2 is 1.53 bits per heavy atom. The number of hydrogen-bond donors (Lipinski definition) is 2. The van der Waals surface area contributed by atoms with Gasteiger partial charge >= 0.3 is 0 Å². The molecule has 0 saturated heterocycles. The van der Waals surface area contributed by atoms with Crippen LogP contribution < -0.4 is 11.5 Å². The summed E-state index contributed by atoms with van der Waals surface area (Å²) in [6, 6.07) is 8.78. The van der Waals surface area contributed by atoms with Crippen molar-refractivity contribution in [2.24, 2.45) is 17.4 Å². The van der Waals surface area contributed by atoms with Crippen LogP contribution in [0.4, 0.5) is 0 Å². The lowest BCUT2D eigenvalue weighted by Gasteiger charge is -2.22. The van der Waals surface area contributed by atoms with Crippen LogP contribution in [-0.4, -0.2) is 6.54 Å². The summed E-state index contributed by atoms with van der Waals surface area (Å²) in [7, 11) is 0. The van der Waals surface area contributed by atoms with Gasteiger partial charge in [-0.2, -0.15) is 0 Å². The quantitative estimate of drug-likeness (QED) is 0.794.